The second-order valence-electron chi connectivity index (χ2n) is 2.24. The van der Waals surface area contributed by atoms with Crippen molar-refractivity contribution < 1.29 is 163 Å². The minimum Gasteiger partial charge on any atom is -0.822 e. The first-order valence-electron chi connectivity index (χ1n) is 3.65. The van der Waals surface area contributed by atoms with Crippen molar-refractivity contribution in [2.24, 2.45) is 0 Å². The van der Waals surface area contributed by atoms with Crippen LogP contribution >= 0.6 is 39.1 Å². The predicted octanol–water partition coefficient (Wildman–Crippen LogP) is -15.8. The summed E-state index contributed by atoms with van der Waals surface area (Å²) in [6.45, 7) is 0. The Kier molecular flexibility index (Phi) is 58.2. The van der Waals surface area contributed by atoms with Gasteiger partial charge in [0.1, 0.15) is 0 Å². The Hall–Kier alpha value is 2.22. The smallest absolute Gasteiger partial charge is 0.822 e. The summed E-state index contributed by atoms with van der Waals surface area (Å²) in [6.07, 6.45) is 0. The van der Waals surface area contributed by atoms with Crippen LogP contribution in [0.1, 0.15) is 0 Å². The maximum absolute atomic E-state index is 8.55. The average molecular weight is 664 g/mol. The van der Waals surface area contributed by atoms with Crippen LogP contribution in [0.3, 0.4) is 0 Å². The van der Waals surface area contributed by atoms with Gasteiger partial charge < -0.3 is 107 Å². The summed E-state index contributed by atoms with van der Waals surface area (Å²) >= 11 is 0. The van der Waals surface area contributed by atoms with E-state index in [2.05, 4.69) is 0 Å². The van der Waals surface area contributed by atoms with E-state index in [-0.39, 0.29) is 66.6 Å². The SMILES string of the molecule is O.O.O=P([O-])([O-])[O-].O=P([O-])([O-])[O-].O=P([O-])([O-])[O-].O=P([O-])([O-])[O-].O=P([O-])([O-])[O-].[V+5].[V+5].[V+5]. The molecule has 0 fully saturated rings. The second kappa shape index (κ2) is 27.5. The van der Waals surface area contributed by atoms with Crippen molar-refractivity contribution in [2.75, 3.05) is 0 Å². The maximum Gasteiger partial charge on any atom is 5.00 e. The molecular formula is H4O22P5V3. The Balaban J connectivity index is -0.0000000200. The molecule has 0 amide bonds. The van der Waals surface area contributed by atoms with E-state index in [4.69, 9.17) is 96.2 Å². The molecule has 0 atom stereocenters. The van der Waals surface area contributed by atoms with E-state index in [9.17, 15) is 0 Å². The van der Waals surface area contributed by atoms with Crippen LogP contribution in [0, 0.1) is 0 Å². The fourth-order valence-electron chi connectivity index (χ4n) is 0. The summed E-state index contributed by atoms with van der Waals surface area (Å²) in [5.74, 6) is 0. The van der Waals surface area contributed by atoms with Crippen molar-refractivity contribution in [3.8, 4) is 0 Å². The molecule has 0 aliphatic carbocycles. The van der Waals surface area contributed by atoms with E-state index < -0.39 is 39.1 Å². The molecule has 0 rings (SSSR count). The Labute approximate surface area is 201 Å². The quantitative estimate of drug-likeness (QED) is 0.217. The van der Waals surface area contributed by atoms with Gasteiger partial charge in [-0.2, -0.15) is 39.1 Å². The molecule has 0 radical (unpaired) electrons. The van der Waals surface area contributed by atoms with Gasteiger partial charge >= 0.3 is 55.7 Å². The first-order valence-corrected chi connectivity index (χ1v) is 11.0. The van der Waals surface area contributed by atoms with Gasteiger partial charge in [0.15, 0.2) is 0 Å². The van der Waals surface area contributed by atoms with Crippen molar-refractivity contribution >= 4 is 39.1 Å². The van der Waals surface area contributed by atoms with Gasteiger partial charge in [-0.3, -0.25) is 0 Å². The first-order chi connectivity index (χ1) is 10.0. The van der Waals surface area contributed by atoms with Gasteiger partial charge in [0.2, 0.25) is 0 Å². The zero-order valence-electron chi connectivity index (χ0n) is 12.7. The van der Waals surface area contributed by atoms with Crippen LogP contribution < -0.4 is 73.4 Å². The molecule has 0 aliphatic rings. The van der Waals surface area contributed by atoms with Crippen LogP contribution in [0.2, 0.25) is 0 Å². The summed E-state index contributed by atoms with van der Waals surface area (Å²) in [7, 11) is -26.9. The fourth-order valence-corrected chi connectivity index (χ4v) is 0. The van der Waals surface area contributed by atoms with Gasteiger partial charge in [-0.1, -0.05) is 0 Å². The Morgan fingerprint density at radius 1 is 0.267 bits per heavy atom. The molecule has 0 bridgehead atoms. The number of rotatable bonds is 0. The molecule has 0 aromatic heterocycles. The van der Waals surface area contributed by atoms with Crippen LogP contribution in [0.15, 0.2) is 0 Å². The standard InChI is InChI=1S/5H3O4P.2H2O.3V/c5*1-5(2,3)4;;;;;/h5*(H3,1,2,3,4);2*1H2;;;/q;;;;;;;3*+5/p-15. The van der Waals surface area contributed by atoms with E-state index >= 15 is 0 Å². The minimum absolute atomic E-state index is 0. The van der Waals surface area contributed by atoms with Crippen molar-refractivity contribution in [3.63, 3.8) is 0 Å². The molecule has 0 saturated carbocycles. The third kappa shape index (κ3) is 5220. The molecular weight excluding hydrogens is 660 g/mol. The predicted molar refractivity (Wildman–Crippen MR) is 45.3 cm³/mol. The van der Waals surface area contributed by atoms with Gasteiger partial charge in [-0.05, 0) is 0 Å². The minimum atomic E-state index is -5.39. The van der Waals surface area contributed by atoms with Gasteiger partial charge in [0.25, 0.3) is 0 Å². The normalized spacial score (nSPS) is 9.83. The van der Waals surface area contributed by atoms with Gasteiger partial charge in [-0.25, -0.2) is 0 Å². The van der Waals surface area contributed by atoms with Crippen LogP contribution in [-0.4, -0.2) is 11.0 Å². The zero-order valence-corrected chi connectivity index (χ0v) is 21.4. The monoisotopic (exact) mass is 664 g/mol. The average Bonchev–Trinajstić information content (AvgIpc) is 1.79. The molecule has 30 heteroatoms. The van der Waals surface area contributed by atoms with Crippen molar-refractivity contribution in [3.05, 3.63) is 0 Å². The number of hydrogen-bond acceptors (Lipinski definition) is 20. The summed E-state index contributed by atoms with van der Waals surface area (Å²) in [5.41, 5.74) is 0. The molecule has 0 aliphatic heterocycles. The zero-order chi connectivity index (χ0) is 22.5. The molecule has 0 spiro atoms. The van der Waals surface area contributed by atoms with E-state index in [0.717, 1.165) is 0 Å². The Morgan fingerprint density at radius 3 is 0.267 bits per heavy atom. The van der Waals surface area contributed by atoms with E-state index in [1.54, 1.807) is 0 Å². The van der Waals surface area contributed by atoms with Crippen LogP contribution in [-0.2, 0) is 78.5 Å². The van der Waals surface area contributed by atoms with Gasteiger partial charge in [-0.15, -0.1) is 0 Å². The molecule has 4 N–H and O–H groups in total. The van der Waals surface area contributed by atoms with E-state index in [1.807, 2.05) is 0 Å². The van der Waals surface area contributed by atoms with Crippen LogP contribution in [0.4, 0.5) is 0 Å². The largest absolute Gasteiger partial charge is 5.00 e. The Bertz CT molecular complexity index is 380. The topological polar surface area (TPSA) is 494 Å². The van der Waals surface area contributed by atoms with Crippen molar-refractivity contribution in [2.45, 2.75) is 0 Å². The number of phosphoric acid groups is 5. The van der Waals surface area contributed by atoms with Crippen LogP contribution in [0.25, 0.3) is 0 Å². The summed E-state index contributed by atoms with van der Waals surface area (Å²) < 4.78 is 42.7. The van der Waals surface area contributed by atoms with Crippen molar-refractivity contribution in [1.29, 1.82) is 0 Å². The molecule has 176 valence electrons. The van der Waals surface area contributed by atoms with Crippen molar-refractivity contribution in [1.82, 2.24) is 0 Å². The molecule has 0 aromatic carbocycles. The second-order valence-corrected chi connectivity index (χ2v) is 6.71. The maximum atomic E-state index is 8.55. The molecule has 22 nitrogen and oxygen atoms in total. The molecule has 0 aromatic rings. The van der Waals surface area contributed by atoms with Crippen LogP contribution in [0.5, 0.6) is 0 Å². The first kappa shape index (κ1) is 63.6. The third-order valence-electron chi connectivity index (χ3n) is 0. The molecule has 0 heterocycles. The number of hydrogen-bond donors (Lipinski definition) is 0. The Morgan fingerprint density at radius 2 is 0.267 bits per heavy atom. The summed E-state index contributed by atoms with van der Waals surface area (Å²) in [6, 6.07) is 0. The summed E-state index contributed by atoms with van der Waals surface area (Å²) in [5, 5.41) is 0. The van der Waals surface area contributed by atoms with E-state index in [1.165, 1.54) is 0 Å². The fraction of sp³-hybridized carbons (Fsp3) is 0. The van der Waals surface area contributed by atoms with E-state index in [0.29, 0.717) is 0 Å². The third-order valence-corrected chi connectivity index (χ3v) is 0. The van der Waals surface area contributed by atoms with Gasteiger partial charge in [0, 0.05) is 0 Å². The summed E-state index contributed by atoms with van der Waals surface area (Å²) in [4.78, 5) is 128. The molecule has 0 unspecified atom stereocenters. The van der Waals surface area contributed by atoms with Gasteiger partial charge in [0.05, 0.1) is 0 Å². The molecule has 30 heavy (non-hydrogen) atoms. The molecule has 0 saturated heterocycles.